The number of hydrogen-bond acceptors (Lipinski definition) is 5. The van der Waals surface area contributed by atoms with E-state index in [1.807, 2.05) is 25.1 Å². The van der Waals surface area contributed by atoms with Crippen LogP contribution in [0.25, 0.3) is 0 Å². The zero-order chi connectivity index (χ0) is 21.5. The highest BCUT2D eigenvalue weighted by Crippen LogP contribution is 2.37. The molecule has 1 aromatic carbocycles. The molecule has 0 radical (unpaired) electrons. The fourth-order valence-corrected chi connectivity index (χ4v) is 4.06. The number of nitrogens with one attached hydrogen (secondary N) is 1. The van der Waals surface area contributed by atoms with Crippen molar-refractivity contribution in [3.63, 3.8) is 0 Å². The largest absolute Gasteiger partial charge is 0.459 e. The van der Waals surface area contributed by atoms with E-state index in [0.717, 1.165) is 0 Å². The highest BCUT2D eigenvalue weighted by molar-refractivity contribution is 6.15. The predicted octanol–water partition coefficient (Wildman–Crippen LogP) is 2.19. The summed E-state index contributed by atoms with van der Waals surface area (Å²) in [6.45, 7) is 7.53. The summed E-state index contributed by atoms with van der Waals surface area (Å²) in [5, 5.41) is 2.89. The van der Waals surface area contributed by atoms with E-state index in [1.54, 1.807) is 41.8 Å². The van der Waals surface area contributed by atoms with E-state index in [4.69, 9.17) is 4.42 Å². The Hall–Kier alpha value is -3.13. The van der Waals surface area contributed by atoms with Gasteiger partial charge in [0.1, 0.15) is 5.54 Å². The van der Waals surface area contributed by atoms with Crippen LogP contribution < -0.4 is 10.2 Å². The maximum Gasteiger partial charge on any atom is 0.289 e. The molecule has 30 heavy (non-hydrogen) atoms. The van der Waals surface area contributed by atoms with Gasteiger partial charge in [-0.1, -0.05) is 12.1 Å². The van der Waals surface area contributed by atoms with Crippen LogP contribution in [0.3, 0.4) is 0 Å². The number of furan rings is 1. The van der Waals surface area contributed by atoms with Gasteiger partial charge in [-0.3, -0.25) is 24.2 Å². The minimum absolute atomic E-state index is 0.131. The minimum Gasteiger partial charge on any atom is -0.459 e. The first-order valence-electron chi connectivity index (χ1n) is 10.1. The van der Waals surface area contributed by atoms with Gasteiger partial charge in [0.15, 0.2) is 5.76 Å². The number of amides is 3. The summed E-state index contributed by atoms with van der Waals surface area (Å²) in [5.41, 5.74) is 0.332. The Kier molecular flexibility index (Phi) is 5.11. The molecule has 0 saturated carbocycles. The molecule has 2 aromatic rings. The fourth-order valence-electron chi connectivity index (χ4n) is 4.06. The summed E-state index contributed by atoms with van der Waals surface area (Å²) in [5.74, 6) is -0.157. The normalized spacial score (nSPS) is 19.8. The lowest BCUT2D eigenvalue weighted by Crippen LogP contribution is -2.63. The molecule has 2 aliphatic rings. The first-order valence-corrected chi connectivity index (χ1v) is 10.1. The first kappa shape index (κ1) is 20.2. The average Bonchev–Trinajstić information content (AvgIpc) is 3.28. The third-order valence-electron chi connectivity index (χ3n) is 5.97. The van der Waals surface area contributed by atoms with Gasteiger partial charge in [-0.15, -0.1) is 0 Å². The molecule has 1 saturated heterocycles. The lowest BCUT2D eigenvalue weighted by atomic mass is 9.95. The number of para-hydroxylation sites is 2. The number of carbonyl (C=O) groups is 3. The van der Waals surface area contributed by atoms with Crippen molar-refractivity contribution in [2.45, 2.75) is 32.4 Å². The molecule has 0 bridgehead atoms. The van der Waals surface area contributed by atoms with Crippen molar-refractivity contribution < 1.29 is 18.8 Å². The maximum atomic E-state index is 13.5. The molecule has 3 heterocycles. The monoisotopic (exact) mass is 410 g/mol. The second-order valence-corrected chi connectivity index (χ2v) is 8.19. The molecular formula is C22H26N4O4. The minimum atomic E-state index is -1.00. The highest BCUT2D eigenvalue weighted by Gasteiger charge is 2.45. The van der Waals surface area contributed by atoms with Crippen molar-refractivity contribution in [2.75, 3.05) is 36.4 Å². The molecule has 8 heteroatoms. The standard InChI is InChI=1S/C22H26N4O4/c1-15(24-10-12-25(13-11-24)20(28)18-9-6-14-30-18)19(27)26-17-8-5-4-7-16(17)23-21(29)22(26,2)3/h4-9,14-15H,10-13H2,1-3H3,(H,23,29)/t15-/m0/s1. The zero-order valence-corrected chi connectivity index (χ0v) is 17.4. The van der Waals surface area contributed by atoms with E-state index in [2.05, 4.69) is 10.2 Å². The van der Waals surface area contributed by atoms with E-state index < -0.39 is 11.6 Å². The molecule has 4 rings (SSSR count). The van der Waals surface area contributed by atoms with Crippen molar-refractivity contribution in [1.82, 2.24) is 9.80 Å². The van der Waals surface area contributed by atoms with Crippen LogP contribution in [-0.2, 0) is 9.59 Å². The van der Waals surface area contributed by atoms with Crippen molar-refractivity contribution in [1.29, 1.82) is 0 Å². The topological polar surface area (TPSA) is 86.1 Å². The molecular weight excluding hydrogens is 384 g/mol. The number of carbonyl (C=O) groups excluding carboxylic acids is 3. The third kappa shape index (κ3) is 3.37. The van der Waals surface area contributed by atoms with Gasteiger partial charge >= 0.3 is 0 Å². The van der Waals surface area contributed by atoms with E-state index in [1.165, 1.54) is 6.26 Å². The Balaban J connectivity index is 1.49. The Bertz CT molecular complexity index is 961. The van der Waals surface area contributed by atoms with Crippen LogP contribution >= 0.6 is 0 Å². The Labute approximate surface area is 175 Å². The SMILES string of the molecule is C[C@@H](C(=O)N1c2ccccc2NC(=O)C1(C)C)N1CCN(C(=O)c2ccco2)CC1. The number of benzene rings is 1. The molecule has 1 fully saturated rings. The lowest BCUT2D eigenvalue weighted by molar-refractivity contribution is -0.129. The number of hydrogen-bond donors (Lipinski definition) is 1. The molecule has 1 N–H and O–H groups in total. The van der Waals surface area contributed by atoms with Crippen LogP contribution in [0.5, 0.6) is 0 Å². The smallest absolute Gasteiger partial charge is 0.289 e. The van der Waals surface area contributed by atoms with Crippen LogP contribution in [-0.4, -0.2) is 65.3 Å². The second kappa shape index (κ2) is 7.60. The van der Waals surface area contributed by atoms with Gasteiger partial charge in [0.05, 0.1) is 23.7 Å². The van der Waals surface area contributed by atoms with Crippen molar-refractivity contribution in [2.24, 2.45) is 0 Å². The van der Waals surface area contributed by atoms with E-state index in [9.17, 15) is 14.4 Å². The molecule has 1 aromatic heterocycles. The van der Waals surface area contributed by atoms with E-state index >= 15 is 0 Å². The van der Waals surface area contributed by atoms with Gasteiger partial charge in [0, 0.05) is 26.2 Å². The number of anilines is 2. The van der Waals surface area contributed by atoms with Gasteiger partial charge in [-0.2, -0.15) is 0 Å². The van der Waals surface area contributed by atoms with Crippen molar-refractivity contribution in [3.8, 4) is 0 Å². The highest BCUT2D eigenvalue weighted by atomic mass is 16.3. The average molecular weight is 410 g/mol. The van der Waals surface area contributed by atoms with Gasteiger partial charge < -0.3 is 14.6 Å². The number of piperazine rings is 1. The Morgan fingerprint density at radius 1 is 1.07 bits per heavy atom. The van der Waals surface area contributed by atoms with E-state index in [-0.39, 0.29) is 17.7 Å². The van der Waals surface area contributed by atoms with Gasteiger partial charge in [-0.25, -0.2) is 0 Å². The molecule has 0 spiro atoms. The summed E-state index contributed by atoms with van der Waals surface area (Å²) >= 11 is 0. The molecule has 1 atom stereocenters. The summed E-state index contributed by atoms with van der Waals surface area (Å²) in [6.07, 6.45) is 1.48. The molecule has 8 nitrogen and oxygen atoms in total. The van der Waals surface area contributed by atoms with Crippen LogP contribution in [0, 0.1) is 0 Å². The molecule has 158 valence electrons. The lowest BCUT2D eigenvalue weighted by Gasteiger charge is -2.45. The quantitative estimate of drug-likeness (QED) is 0.838. The van der Waals surface area contributed by atoms with Crippen molar-refractivity contribution in [3.05, 3.63) is 48.4 Å². The fraction of sp³-hybridized carbons (Fsp3) is 0.409. The molecule has 0 unspecified atom stereocenters. The predicted molar refractivity (Wildman–Crippen MR) is 112 cm³/mol. The van der Waals surface area contributed by atoms with Crippen molar-refractivity contribution >= 4 is 29.1 Å². The zero-order valence-electron chi connectivity index (χ0n) is 17.4. The number of rotatable bonds is 3. The van der Waals surface area contributed by atoms with Crippen LogP contribution in [0.2, 0.25) is 0 Å². The second-order valence-electron chi connectivity index (χ2n) is 8.19. The van der Waals surface area contributed by atoms with E-state index in [0.29, 0.717) is 43.3 Å². The van der Waals surface area contributed by atoms with Crippen LogP contribution in [0.1, 0.15) is 31.3 Å². The summed E-state index contributed by atoms with van der Waals surface area (Å²) in [7, 11) is 0. The van der Waals surface area contributed by atoms with Crippen LogP contribution in [0.4, 0.5) is 11.4 Å². The maximum absolute atomic E-state index is 13.5. The summed E-state index contributed by atoms with van der Waals surface area (Å²) in [6, 6.07) is 10.3. The summed E-state index contributed by atoms with van der Waals surface area (Å²) < 4.78 is 5.20. The molecule has 0 aliphatic carbocycles. The first-order chi connectivity index (χ1) is 14.3. The Morgan fingerprint density at radius 2 is 1.77 bits per heavy atom. The number of nitrogens with zero attached hydrogens (tertiary/aromatic N) is 3. The van der Waals surface area contributed by atoms with Gasteiger partial charge in [0.25, 0.3) is 5.91 Å². The summed E-state index contributed by atoms with van der Waals surface area (Å²) in [4.78, 5) is 44.0. The third-order valence-corrected chi connectivity index (χ3v) is 5.97. The molecule has 3 amide bonds. The van der Waals surface area contributed by atoms with Gasteiger partial charge in [-0.05, 0) is 45.0 Å². The number of fused-ring (bicyclic) bond motifs is 1. The Morgan fingerprint density at radius 3 is 2.43 bits per heavy atom. The van der Waals surface area contributed by atoms with Gasteiger partial charge in [0.2, 0.25) is 11.8 Å². The van der Waals surface area contributed by atoms with Crippen LogP contribution in [0.15, 0.2) is 47.1 Å². The molecule has 2 aliphatic heterocycles.